The Balaban J connectivity index is 2.65. The van der Waals surface area contributed by atoms with Crippen molar-refractivity contribution in [1.29, 1.82) is 0 Å². The van der Waals surface area contributed by atoms with Crippen LogP contribution in [-0.4, -0.2) is 7.11 Å². The van der Waals surface area contributed by atoms with Crippen LogP contribution in [-0.2, 0) is 12.8 Å². The van der Waals surface area contributed by atoms with Gasteiger partial charge in [-0.1, -0.05) is 13.8 Å². The highest BCUT2D eigenvalue weighted by molar-refractivity contribution is 7.19. The van der Waals surface area contributed by atoms with Crippen molar-refractivity contribution in [3.05, 3.63) is 28.6 Å². The second-order valence-electron chi connectivity index (χ2n) is 3.57. The minimum atomic E-state index is 0.953. The molecule has 15 heavy (non-hydrogen) atoms. The number of ether oxygens (including phenoxy) is 1. The molecule has 2 rings (SSSR count). The maximum Gasteiger partial charge on any atom is 0.120 e. The van der Waals surface area contributed by atoms with Crippen LogP contribution in [0.4, 0.5) is 0 Å². The van der Waals surface area contributed by atoms with Crippen LogP contribution >= 0.6 is 11.3 Å². The van der Waals surface area contributed by atoms with Crippen LogP contribution in [0.15, 0.2) is 18.2 Å². The van der Waals surface area contributed by atoms with Crippen molar-refractivity contribution in [2.24, 2.45) is 0 Å². The van der Waals surface area contributed by atoms with E-state index in [1.54, 1.807) is 7.11 Å². The smallest absolute Gasteiger partial charge is 0.120 e. The highest BCUT2D eigenvalue weighted by Gasteiger charge is 2.09. The van der Waals surface area contributed by atoms with Gasteiger partial charge < -0.3 is 4.74 Å². The van der Waals surface area contributed by atoms with E-state index in [4.69, 9.17) is 4.74 Å². The fourth-order valence-electron chi connectivity index (χ4n) is 1.98. The van der Waals surface area contributed by atoms with Crippen LogP contribution < -0.4 is 4.74 Å². The van der Waals surface area contributed by atoms with E-state index in [9.17, 15) is 0 Å². The summed E-state index contributed by atoms with van der Waals surface area (Å²) in [7, 11) is 1.72. The average Bonchev–Trinajstić information content (AvgIpc) is 2.65. The lowest BCUT2D eigenvalue weighted by atomic mass is 10.1. The zero-order valence-corrected chi connectivity index (χ0v) is 10.3. The molecule has 0 aliphatic rings. The Kier molecular flexibility index (Phi) is 2.96. The fraction of sp³-hybridized carbons (Fsp3) is 0.385. The maximum absolute atomic E-state index is 5.25. The normalized spacial score (nSPS) is 10.9. The van der Waals surface area contributed by atoms with Gasteiger partial charge in [-0.25, -0.2) is 0 Å². The molecule has 0 aliphatic carbocycles. The number of rotatable bonds is 3. The zero-order valence-electron chi connectivity index (χ0n) is 9.46. The Hall–Kier alpha value is -1.02. The summed E-state index contributed by atoms with van der Waals surface area (Å²) in [6, 6.07) is 6.37. The molecule has 0 N–H and O–H groups in total. The Labute approximate surface area is 94.7 Å². The number of hydrogen-bond donors (Lipinski definition) is 0. The van der Waals surface area contributed by atoms with E-state index in [1.165, 1.54) is 20.5 Å². The number of thiophene rings is 1. The summed E-state index contributed by atoms with van der Waals surface area (Å²) in [4.78, 5) is 1.51. The first-order valence-corrected chi connectivity index (χ1v) is 6.20. The summed E-state index contributed by atoms with van der Waals surface area (Å²) in [5.41, 5.74) is 1.51. The van der Waals surface area contributed by atoms with Crippen LogP contribution in [0.5, 0.6) is 5.75 Å². The van der Waals surface area contributed by atoms with Crippen LogP contribution in [0.1, 0.15) is 24.3 Å². The largest absolute Gasteiger partial charge is 0.497 e. The molecule has 2 heteroatoms. The first kappa shape index (κ1) is 10.5. The second kappa shape index (κ2) is 4.23. The summed E-state index contributed by atoms with van der Waals surface area (Å²) in [5, 5.41) is 1.40. The van der Waals surface area contributed by atoms with Gasteiger partial charge in [0.2, 0.25) is 0 Å². The number of aryl methyl sites for hydroxylation is 2. The first-order valence-electron chi connectivity index (χ1n) is 5.38. The fourth-order valence-corrected chi connectivity index (χ4v) is 3.24. The van der Waals surface area contributed by atoms with Gasteiger partial charge in [0.1, 0.15) is 5.75 Å². The van der Waals surface area contributed by atoms with Gasteiger partial charge >= 0.3 is 0 Å². The van der Waals surface area contributed by atoms with Gasteiger partial charge in [0.15, 0.2) is 0 Å². The minimum Gasteiger partial charge on any atom is -0.497 e. The molecule has 1 heterocycles. The lowest BCUT2D eigenvalue weighted by Gasteiger charge is -2.00. The molecule has 0 amide bonds. The summed E-state index contributed by atoms with van der Waals surface area (Å²) in [6.45, 7) is 4.45. The minimum absolute atomic E-state index is 0.953. The molecule has 2 aromatic rings. The molecule has 0 unspecified atom stereocenters. The van der Waals surface area contributed by atoms with Crippen LogP contribution in [0, 0.1) is 0 Å². The molecule has 1 aromatic heterocycles. The Morgan fingerprint density at radius 2 is 2.00 bits per heavy atom. The monoisotopic (exact) mass is 220 g/mol. The van der Waals surface area contributed by atoms with E-state index in [1.807, 2.05) is 17.4 Å². The molecular weight excluding hydrogens is 204 g/mol. The Bertz CT molecular complexity index is 471. The molecule has 0 spiro atoms. The topological polar surface area (TPSA) is 9.23 Å². The molecular formula is C13H16OS. The predicted octanol–water partition coefficient (Wildman–Crippen LogP) is 4.03. The predicted molar refractivity (Wildman–Crippen MR) is 67.1 cm³/mol. The highest BCUT2D eigenvalue weighted by atomic mass is 32.1. The average molecular weight is 220 g/mol. The van der Waals surface area contributed by atoms with Crippen LogP contribution in [0.3, 0.4) is 0 Å². The second-order valence-corrected chi connectivity index (χ2v) is 4.71. The highest BCUT2D eigenvalue weighted by Crippen LogP contribution is 2.34. The molecule has 0 radical (unpaired) electrons. The van der Waals surface area contributed by atoms with E-state index < -0.39 is 0 Å². The van der Waals surface area contributed by atoms with Gasteiger partial charge in [-0.15, -0.1) is 11.3 Å². The molecule has 0 fully saturated rings. The Morgan fingerprint density at radius 1 is 1.20 bits per heavy atom. The molecule has 80 valence electrons. The van der Waals surface area contributed by atoms with Gasteiger partial charge in [-0.2, -0.15) is 0 Å². The van der Waals surface area contributed by atoms with E-state index in [0.717, 1.165) is 18.6 Å². The number of benzene rings is 1. The van der Waals surface area contributed by atoms with Gasteiger partial charge in [-0.3, -0.25) is 0 Å². The summed E-state index contributed by atoms with van der Waals surface area (Å²) in [6.07, 6.45) is 2.25. The van der Waals surface area contributed by atoms with E-state index >= 15 is 0 Å². The molecule has 0 saturated carbocycles. The van der Waals surface area contributed by atoms with Crippen molar-refractivity contribution >= 4 is 21.4 Å². The number of methoxy groups -OCH3 is 1. The SMILES string of the molecule is CCc1sc2cc(OC)ccc2c1CC. The number of hydrogen-bond acceptors (Lipinski definition) is 2. The van der Waals surface area contributed by atoms with E-state index in [-0.39, 0.29) is 0 Å². The van der Waals surface area contributed by atoms with E-state index in [2.05, 4.69) is 26.0 Å². The number of fused-ring (bicyclic) bond motifs is 1. The third-order valence-corrected chi connectivity index (χ3v) is 4.10. The maximum atomic E-state index is 5.25. The quantitative estimate of drug-likeness (QED) is 0.758. The first-order chi connectivity index (χ1) is 7.30. The third kappa shape index (κ3) is 1.74. The molecule has 0 saturated heterocycles. The molecule has 0 atom stereocenters. The zero-order chi connectivity index (χ0) is 10.8. The third-order valence-electron chi connectivity index (χ3n) is 2.76. The van der Waals surface area contributed by atoms with Crippen molar-refractivity contribution in [3.8, 4) is 5.75 Å². The lowest BCUT2D eigenvalue weighted by Crippen LogP contribution is -1.84. The van der Waals surface area contributed by atoms with Gasteiger partial charge in [0.05, 0.1) is 7.11 Å². The van der Waals surface area contributed by atoms with Crippen molar-refractivity contribution in [2.75, 3.05) is 7.11 Å². The van der Waals surface area contributed by atoms with Crippen molar-refractivity contribution in [1.82, 2.24) is 0 Å². The summed E-state index contributed by atoms with van der Waals surface area (Å²) >= 11 is 1.90. The van der Waals surface area contributed by atoms with Crippen molar-refractivity contribution < 1.29 is 4.74 Å². The van der Waals surface area contributed by atoms with E-state index in [0.29, 0.717) is 0 Å². The summed E-state index contributed by atoms with van der Waals surface area (Å²) < 4.78 is 6.60. The van der Waals surface area contributed by atoms with Crippen molar-refractivity contribution in [3.63, 3.8) is 0 Å². The standard InChI is InChI=1S/C13H16OS/c1-4-10-11-7-6-9(14-3)8-13(11)15-12(10)5-2/h6-8H,4-5H2,1-3H3. The van der Waals surface area contributed by atoms with Crippen LogP contribution in [0.25, 0.3) is 10.1 Å². The molecule has 1 aromatic carbocycles. The van der Waals surface area contributed by atoms with Crippen molar-refractivity contribution in [2.45, 2.75) is 26.7 Å². The van der Waals surface area contributed by atoms with Crippen LogP contribution in [0.2, 0.25) is 0 Å². The summed E-state index contributed by atoms with van der Waals surface area (Å²) in [5.74, 6) is 0.953. The lowest BCUT2D eigenvalue weighted by molar-refractivity contribution is 0.415. The van der Waals surface area contributed by atoms with Gasteiger partial charge in [-0.05, 0) is 42.0 Å². The molecule has 1 nitrogen and oxygen atoms in total. The van der Waals surface area contributed by atoms with Gasteiger partial charge in [0.25, 0.3) is 0 Å². The Morgan fingerprint density at radius 3 is 2.60 bits per heavy atom. The van der Waals surface area contributed by atoms with Gasteiger partial charge in [0, 0.05) is 9.58 Å². The molecule has 0 bridgehead atoms. The molecule has 0 aliphatic heterocycles.